The molecule has 2 N–H and O–H groups in total. The molecular weight excluding hydrogens is 363 g/mol. The Bertz CT molecular complexity index is 1030. The Morgan fingerprint density at radius 1 is 1.25 bits per heavy atom. The summed E-state index contributed by atoms with van der Waals surface area (Å²) in [5.74, 6) is -2.95. The molecule has 0 aliphatic rings. The van der Waals surface area contributed by atoms with Gasteiger partial charge in [-0.25, -0.2) is 14.1 Å². The maximum Gasteiger partial charge on any atom is 0.312 e. The van der Waals surface area contributed by atoms with E-state index in [-0.39, 0.29) is 12.6 Å². The van der Waals surface area contributed by atoms with Crippen molar-refractivity contribution < 1.29 is 19.1 Å². The molecule has 0 saturated heterocycles. The smallest absolute Gasteiger partial charge is 0.312 e. The van der Waals surface area contributed by atoms with E-state index in [9.17, 15) is 19.1 Å². The van der Waals surface area contributed by atoms with Gasteiger partial charge in [0.15, 0.2) is 5.65 Å². The SMILES string of the molecule is Cc1nc2c(cnn2C(C)C)cc1C(=O)NCC(C(=O)O)c1ccc(F)cc1. The molecule has 0 fully saturated rings. The number of hydrogen-bond acceptors (Lipinski definition) is 4. The van der Waals surface area contributed by atoms with Crippen LogP contribution in [0.5, 0.6) is 0 Å². The summed E-state index contributed by atoms with van der Waals surface area (Å²) in [4.78, 5) is 28.7. The third-order valence-corrected chi connectivity index (χ3v) is 4.53. The van der Waals surface area contributed by atoms with Crippen molar-refractivity contribution in [1.29, 1.82) is 0 Å². The van der Waals surface area contributed by atoms with Gasteiger partial charge in [0, 0.05) is 18.0 Å². The standard InChI is InChI=1S/C20H21FN4O3/c1-11(2)25-18-14(9-23-25)8-16(12(3)24-18)19(26)22-10-17(20(27)28)13-4-6-15(21)7-5-13/h4-9,11,17H,10H2,1-3H3,(H,22,26)(H,27,28). The minimum Gasteiger partial charge on any atom is -0.481 e. The van der Waals surface area contributed by atoms with Crippen molar-refractivity contribution in [2.24, 2.45) is 0 Å². The van der Waals surface area contributed by atoms with Crippen molar-refractivity contribution in [3.63, 3.8) is 0 Å². The fraction of sp³-hybridized carbons (Fsp3) is 0.300. The number of hydrogen-bond donors (Lipinski definition) is 2. The first-order valence-corrected chi connectivity index (χ1v) is 8.89. The molecule has 8 heteroatoms. The highest BCUT2D eigenvalue weighted by Crippen LogP contribution is 2.20. The number of nitrogens with zero attached hydrogens (tertiary/aromatic N) is 3. The molecule has 2 heterocycles. The van der Waals surface area contributed by atoms with Gasteiger partial charge in [-0.2, -0.15) is 5.10 Å². The average molecular weight is 384 g/mol. The van der Waals surface area contributed by atoms with E-state index in [0.717, 1.165) is 5.39 Å². The van der Waals surface area contributed by atoms with Crippen LogP contribution in [0.25, 0.3) is 11.0 Å². The number of aryl methyl sites for hydroxylation is 1. The molecule has 0 aliphatic carbocycles. The van der Waals surface area contributed by atoms with Crippen LogP contribution >= 0.6 is 0 Å². The predicted molar refractivity (Wildman–Crippen MR) is 102 cm³/mol. The molecule has 1 amide bonds. The van der Waals surface area contributed by atoms with Crippen LogP contribution in [-0.2, 0) is 4.79 Å². The third kappa shape index (κ3) is 3.85. The maximum atomic E-state index is 13.1. The second-order valence-electron chi connectivity index (χ2n) is 6.87. The molecule has 7 nitrogen and oxygen atoms in total. The Balaban J connectivity index is 1.81. The van der Waals surface area contributed by atoms with Crippen LogP contribution < -0.4 is 5.32 Å². The monoisotopic (exact) mass is 384 g/mol. The van der Waals surface area contributed by atoms with Crippen molar-refractivity contribution in [3.05, 3.63) is 59.2 Å². The number of nitrogens with one attached hydrogen (secondary N) is 1. The molecule has 146 valence electrons. The molecule has 28 heavy (non-hydrogen) atoms. The summed E-state index contributed by atoms with van der Waals surface area (Å²) in [7, 11) is 0. The third-order valence-electron chi connectivity index (χ3n) is 4.53. The summed E-state index contributed by atoms with van der Waals surface area (Å²) in [5, 5.41) is 17.1. The molecule has 3 aromatic rings. The number of benzene rings is 1. The van der Waals surface area contributed by atoms with E-state index in [4.69, 9.17) is 0 Å². The van der Waals surface area contributed by atoms with E-state index in [1.807, 2.05) is 13.8 Å². The van der Waals surface area contributed by atoms with Gasteiger partial charge in [0.05, 0.1) is 23.4 Å². The van der Waals surface area contributed by atoms with E-state index < -0.39 is 23.6 Å². The van der Waals surface area contributed by atoms with Gasteiger partial charge in [0.1, 0.15) is 5.82 Å². The predicted octanol–water partition coefficient (Wildman–Crippen LogP) is 3.06. The molecule has 0 radical (unpaired) electrons. The van der Waals surface area contributed by atoms with Gasteiger partial charge >= 0.3 is 5.97 Å². The largest absolute Gasteiger partial charge is 0.481 e. The number of carboxylic acid groups (broad SMARTS) is 1. The molecule has 0 aliphatic heterocycles. The normalized spacial score (nSPS) is 12.3. The van der Waals surface area contributed by atoms with Crippen LogP contribution in [0.2, 0.25) is 0 Å². The second-order valence-corrected chi connectivity index (χ2v) is 6.87. The molecule has 0 bridgehead atoms. The van der Waals surface area contributed by atoms with Crippen LogP contribution in [0.15, 0.2) is 36.5 Å². The number of carbonyl (C=O) groups excluding carboxylic acids is 1. The lowest BCUT2D eigenvalue weighted by molar-refractivity contribution is -0.138. The number of carbonyl (C=O) groups is 2. The Morgan fingerprint density at radius 2 is 1.93 bits per heavy atom. The molecule has 0 spiro atoms. The van der Waals surface area contributed by atoms with E-state index in [1.165, 1.54) is 24.3 Å². The number of aromatic nitrogens is 3. The van der Waals surface area contributed by atoms with Gasteiger partial charge in [-0.15, -0.1) is 0 Å². The van der Waals surface area contributed by atoms with Gasteiger partial charge in [0.25, 0.3) is 5.91 Å². The van der Waals surface area contributed by atoms with Crippen molar-refractivity contribution >= 4 is 22.9 Å². The molecule has 2 aromatic heterocycles. The summed E-state index contributed by atoms with van der Waals surface area (Å²) in [6.07, 6.45) is 1.65. The summed E-state index contributed by atoms with van der Waals surface area (Å²) in [6.45, 7) is 5.58. The Kier molecular flexibility index (Phi) is 5.39. The second kappa shape index (κ2) is 7.75. The lowest BCUT2D eigenvalue weighted by atomic mass is 9.99. The molecule has 3 rings (SSSR count). The minimum absolute atomic E-state index is 0.122. The summed E-state index contributed by atoms with van der Waals surface area (Å²) < 4.78 is 14.9. The van der Waals surface area contributed by atoms with Crippen LogP contribution in [-0.4, -0.2) is 38.3 Å². The fourth-order valence-electron chi connectivity index (χ4n) is 3.01. The van der Waals surface area contributed by atoms with E-state index >= 15 is 0 Å². The average Bonchev–Trinajstić information content (AvgIpc) is 3.05. The van der Waals surface area contributed by atoms with Gasteiger partial charge in [-0.05, 0) is 44.5 Å². The molecule has 0 saturated carbocycles. The summed E-state index contributed by atoms with van der Waals surface area (Å²) in [5.41, 5.74) is 2.00. The summed E-state index contributed by atoms with van der Waals surface area (Å²) in [6, 6.07) is 7.03. The Labute approximate surface area is 161 Å². The van der Waals surface area contributed by atoms with Crippen LogP contribution in [0.4, 0.5) is 4.39 Å². The minimum atomic E-state index is -1.10. The maximum absolute atomic E-state index is 13.1. The molecule has 1 aromatic carbocycles. The van der Waals surface area contributed by atoms with Crippen molar-refractivity contribution in [3.8, 4) is 0 Å². The molecule has 1 unspecified atom stereocenters. The lowest BCUT2D eigenvalue weighted by Crippen LogP contribution is -2.32. The molecular formula is C20H21FN4O3. The van der Waals surface area contributed by atoms with Crippen LogP contribution in [0, 0.1) is 12.7 Å². The van der Waals surface area contributed by atoms with E-state index in [1.54, 1.807) is 23.9 Å². The van der Waals surface area contributed by atoms with Crippen molar-refractivity contribution in [2.45, 2.75) is 32.7 Å². The van der Waals surface area contributed by atoms with E-state index in [2.05, 4.69) is 15.4 Å². The number of pyridine rings is 1. The number of amides is 1. The van der Waals surface area contributed by atoms with Crippen LogP contribution in [0.3, 0.4) is 0 Å². The zero-order chi connectivity index (χ0) is 20.4. The zero-order valence-corrected chi connectivity index (χ0v) is 15.8. The van der Waals surface area contributed by atoms with Crippen LogP contribution in [0.1, 0.15) is 47.4 Å². The first-order chi connectivity index (χ1) is 13.3. The topological polar surface area (TPSA) is 97.1 Å². The lowest BCUT2D eigenvalue weighted by Gasteiger charge is -2.15. The highest BCUT2D eigenvalue weighted by molar-refractivity contribution is 5.98. The highest BCUT2D eigenvalue weighted by atomic mass is 19.1. The van der Waals surface area contributed by atoms with Gasteiger partial charge in [0.2, 0.25) is 0 Å². The summed E-state index contributed by atoms with van der Waals surface area (Å²) >= 11 is 0. The van der Waals surface area contributed by atoms with Gasteiger partial charge in [-0.1, -0.05) is 12.1 Å². The van der Waals surface area contributed by atoms with E-state index in [0.29, 0.717) is 22.5 Å². The first-order valence-electron chi connectivity index (χ1n) is 8.89. The number of rotatable bonds is 6. The number of fused-ring (bicyclic) bond motifs is 1. The highest BCUT2D eigenvalue weighted by Gasteiger charge is 2.22. The first kappa shape index (κ1) is 19.5. The fourth-order valence-corrected chi connectivity index (χ4v) is 3.01. The number of aliphatic carboxylic acids is 1. The quantitative estimate of drug-likeness (QED) is 0.681. The Morgan fingerprint density at radius 3 is 2.54 bits per heavy atom. The number of halogens is 1. The van der Waals surface area contributed by atoms with Gasteiger partial charge in [-0.3, -0.25) is 9.59 Å². The van der Waals surface area contributed by atoms with Crippen molar-refractivity contribution in [1.82, 2.24) is 20.1 Å². The molecule has 1 atom stereocenters. The van der Waals surface area contributed by atoms with Crippen molar-refractivity contribution in [2.75, 3.05) is 6.54 Å². The zero-order valence-electron chi connectivity index (χ0n) is 15.8. The number of carboxylic acids is 1. The van der Waals surface area contributed by atoms with Gasteiger partial charge < -0.3 is 10.4 Å². The Hall–Kier alpha value is -3.29.